The quantitative estimate of drug-likeness (QED) is 0.360. The molecule has 206 valence electrons. The second-order valence-corrected chi connectivity index (χ2v) is 11.0. The van der Waals surface area contributed by atoms with Crippen LogP contribution in [0.1, 0.15) is 41.4 Å². The third kappa shape index (κ3) is 5.33. The number of nitriles is 1. The molecule has 0 spiro atoms. The number of hydrogen-bond acceptors (Lipinski definition) is 8. The maximum Gasteiger partial charge on any atom is 0.271 e. The van der Waals surface area contributed by atoms with E-state index < -0.39 is 11.1 Å². The molecule has 0 unspecified atom stereocenters. The van der Waals surface area contributed by atoms with Crippen molar-refractivity contribution in [2.24, 2.45) is 0 Å². The highest BCUT2D eigenvalue weighted by Gasteiger charge is 2.34. The van der Waals surface area contributed by atoms with E-state index in [4.69, 9.17) is 21.3 Å². The zero-order valence-electron chi connectivity index (χ0n) is 22.3. The van der Waals surface area contributed by atoms with Gasteiger partial charge in [0.05, 0.1) is 35.5 Å². The van der Waals surface area contributed by atoms with Crippen LogP contribution in [0, 0.1) is 23.2 Å². The SMILES string of the molecule is CC1(NC(=O)c2ncccc2Cl)CCN(c2ccc(-c3cc(C#CC4(O)COC4)cn4ncc(C#N)c34)cn2)CC1. The molecular formula is C30H26ClN7O3. The summed E-state index contributed by atoms with van der Waals surface area (Å²) in [5.41, 5.74) is 2.03. The fraction of sp³-hybridized carbons (Fsp3) is 0.300. The third-order valence-corrected chi connectivity index (χ3v) is 7.80. The molecule has 2 saturated heterocycles. The van der Waals surface area contributed by atoms with Crippen molar-refractivity contribution in [3.8, 4) is 29.0 Å². The lowest BCUT2D eigenvalue weighted by molar-refractivity contribution is -0.140. The van der Waals surface area contributed by atoms with Gasteiger partial charge in [0.2, 0.25) is 0 Å². The van der Waals surface area contributed by atoms with Crippen LogP contribution in [-0.2, 0) is 4.74 Å². The molecule has 6 rings (SSSR count). The number of carbonyl (C=O) groups is 1. The fourth-order valence-corrected chi connectivity index (χ4v) is 5.23. The number of amides is 1. The number of aliphatic hydroxyl groups is 1. The molecule has 0 radical (unpaired) electrons. The molecular weight excluding hydrogens is 542 g/mol. The van der Waals surface area contributed by atoms with Gasteiger partial charge in [0.15, 0.2) is 5.60 Å². The Balaban J connectivity index is 1.20. The number of halogens is 1. The summed E-state index contributed by atoms with van der Waals surface area (Å²) in [4.78, 5) is 23.8. The lowest BCUT2D eigenvalue weighted by atomic mass is 9.89. The van der Waals surface area contributed by atoms with Gasteiger partial charge < -0.3 is 20.1 Å². The van der Waals surface area contributed by atoms with E-state index in [9.17, 15) is 15.2 Å². The zero-order chi connectivity index (χ0) is 28.6. The number of nitrogens with one attached hydrogen (secondary N) is 1. The molecule has 41 heavy (non-hydrogen) atoms. The van der Waals surface area contributed by atoms with Crippen LogP contribution in [0.5, 0.6) is 0 Å². The highest BCUT2D eigenvalue weighted by Crippen LogP contribution is 2.31. The number of carbonyl (C=O) groups excluding carboxylic acids is 1. The summed E-state index contributed by atoms with van der Waals surface area (Å²) in [5, 5.41) is 27.7. The molecule has 4 aromatic rings. The van der Waals surface area contributed by atoms with Crippen molar-refractivity contribution in [1.29, 1.82) is 5.26 Å². The maximum atomic E-state index is 12.8. The lowest BCUT2D eigenvalue weighted by Crippen LogP contribution is -2.53. The molecule has 2 aliphatic heterocycles. The molecule has 10 nitrogen and oxygen atoms in total. The van der Waals surface area contributed by atoms with Crippen molar-refractivity contribution in [1.82, 2.24) is 24.9 Å². The van der Waals surface area contributed by atoms with Crippen molar-refractivity contribution in [2.75, 3.05) is 31.2 Å². The number of ether oxygens (including phenoxy) is 1. The summed E-state index contributed by atoms with van der Waals surface area (Å²) in [6, 6.07) is 11.4. The van der Waals surface area contributed by atoms with Crippen molar-refractivity contribution >= 4 is 28.8 Å². The van der Waals surface area contributed by atoms with Crippen LogP contribution in [-0.4, -0.2) is 68.0 Å². The predicted octanol–water partition coefficient (Wildman–Crippen LogP) is 3.22. The molecule has 4 aromatic heterocycles. The molecule has 1 amide bonds. The Morgan fingerprint density at radius 1 is 1.20 bits per heavy atom. The number of anilines is 1. The first-order valence-corrected chi connectivity index (χ1v) is 13.5. The second kappa shape index (κ2) is 10.5. The Kier molecular flexibility index (Phi) is 6.84. The third-order valence-electron chi connectivity index (χ3n) is 7.49. The van der Waals surface area contributed by atoms with Crippen LogP contribution >= 0.6 is 11.6 Å². The molecule has 6 heterocycles. The maximum absolute atomic E-state index is 12.8. The van der Waals surface area contributed by atoms with Crippen LogP contribution in [0.15, 0.2) is 55.1 Å². The average molecular weight is 568 g/mol. The molecule has 0 bridgehead atoms. The topological polar surface area (TPSA) is 129 Å². The van der Waals surface area contributed by atoms with Crippen LogP contribution in [0.2, 0.25) is 5.02 Å². The second-order valence-electron chi connectivity index (χ2n) is 10.6. The van der Waals surface area contributed by atoms with Gasteiger partial charge in [-0.3, -0.25) is 4.79 Å². The Labute approximate surface area is 241 Å². The highest BCUT2D eigenvalue weighted by molar-refractivity contribution is 6.33. The first kappa shape index (κ1) is 26.7. The minimum atomic E-state index is -1.14. The number of piperidine rings is 1. The van der Waals surface area contributed by atoms with Crippen molar-refractivity contribution in [3.63, 3.8) is 0 Å². The summed E-state index contributed by atoms with van der Waals surface area (Å²) in [6.45, 7) is 3.82. The first-order valence-electron chi connectivity index (χ1n) is 13.2. The van der Waals surface area contributed by atoms with Gasteiger partial charge in [0.1, 0.15) is 17.6 Å². The van der Waals surface area contributed by atoms with Gasteiger partial charge in [-0.2, -0.15) is 10.4 Å². The molecule has 0 atom stereocenters. The smallest absolute Gasteiger partial charge is 0.271 e. The van der Waals surface area contributed by atoms with Gasteiger partial charge >= 0.3 is 0 Å². The number of aromatic nitrogens is 4. The van der Waals surface area contributed by atoms with E-state index >= 15 is 0 Å². The Morgan fingerprint density at radius 2 is 2.00 bits per heavy atom. The van der Waals surface area contributed by atoms with E-state index in [2.05, 4.69) is 38.2 Å². The Hall–Kier alpha value is -4.48. The number of rotatable bonds is 4. The molecule has 2 N–H and O–H groups in total. The Morgan fingerprint density at radius 3 is 2.66 bits per heavy atom. The van der Waals surface area contributed by atoms with E-state index in [1.165, 1.54) is 6.20 Å². The summed E-state index contributed by atoms with van der Waals surface area (Å²) in [6.07, 6.45) is 8.05. The number of hydrogen-bond donors (Lipinski definition) is 2. The highest BCUT2D eigenvalue weighted by atomic mass is 35.5. The molecule has 11 heteroatoms. The van der Waals surface area contributed by atoms with Gasteiger partial charge in [0, 0.05) is 53.9 Å². The molecule has 0 saturated carbocycles. The van der Waals surface area contributed by atoms with Crippen molar-refractivity contribution in [2.45, 2.75) is 30.9 Å². The van der Waals surface area contributed by atoms with E-state index in [0.717, 1.165) is 29.8 Å². The number of fused-ring (bicyclic) bond motifs is 1. The van der Waals surface area contributed by atoms with Gasteiger partial charge in [0.25, 0.3) is 5.91 Å². The van der Waals surface area contributed by atoms with Crippen molar-refractivity contribution < 1.29 is 14.6 Å². The van der Waals surface area contributed by atoms with Crippen LogP contribution < -0.4 is 10.2 Å². The normalized spacial score (nSPS) is 17.2. The average Bonchev–Trinajstić information content (AvgIpc) is 3.38. The summed E-state index contributed by atoms with van der Waals surface area (Å²) < 4.78 is 6.71. The first-order chi connectivity index (χ1) is 19.8. The Bertz CT molecular complexity index is 1740. The number of pyridine rings is 3. The van der Waals surface area contributed by atoms with Crippen LogP contribution in [0.3, 0.4) is 0 Å². The van der Waals surface area contributed by atoms with E-state index in [1.807, 2.05) is 25.1 Å². The van der Waals surface area contributed by atoms with Gasteiger partial charge in [-0.15, -0.1) is 0 Å². The number of nitrogens with zero attached hydrogens (tertiary/aromatic N) is 6. The minimum absolute atomic E-state index is 0.182. The molecule has 2 fully saturated rings. The monoisotopic (exact) mass is 567 g/mol. The molecule has 0 aromatic carbocycles. The van der Waals surface area contributed by atoms with Crippen LogP contribution in [0.4, 0.5) is 5.82 Å². The molecule has 0 aliphatic carbocycles. The van der Waals surface area contributed by atoms with Crippen molar-refractivity contribution in [3.05, 3.63) is 77.0 Å². The minimum Gasteiger partial charge on any atom is -0.373 e. The zero-order valence-corrected chi connectivity index (χ0v) is 23.0. The van der Waals surface area contributed by atoms with E-state index in [-0.39, 0.29) is 24.8 Å². The van der Waals surface area contributed by atoms with Gasteiger partial charge in [-0.1, -0.05) is 23.4 Å². The lowest BCUT2D eigenvalue weighted by Gasteiger charge is -2.40. The van der Waals surface area contributed by atoms with Crippen LogP contribution in [0.25, 0.3) is 16.6 Å². The molecule has 2 aliphatic rings. The largest absolute Gasteiger partial charge is 0.373 e. The van der Waals surface area contributed by atoms with E-state index in [1.54, 1.807) is 35.2 Å². The predicted molar refractivity (Wildman–Crippen MR) is 152 cm³/mol. The summed E-state index contributed by atoms with van der Waals surface area (Å²) in [7, 11) is 0. The van der Waals surface area contributed by atoms with E-state index in [0.29, 0.717) is 34.8 Å². The van der Waals surface area contributed by atoms with Gasteiger partial charge in [-0.05, 0) is 50.1 Å². The van der Waals surface area contributed by atoms with Gasteiger partial charge in [-0.25, -0.2) is 14.5 Å². The summed E-state index contributed by atoms with van der Waals surface area (Å²) in [5.74, 6) is 6.44. The standard InChI is InChI=1S/C30H26ClN7O3/c1-29(36-28(39)26-24(31)3-2-10-33-26)8-11-37(12-9-29)25-5-4-21(15-34-25)23-13-20(6-7-30(40)18-41-19-30)17-38-27(23)22(14-32)16-35-38/h2-5,10,13,15-17,40H,8-9,11-12,18-19H2,1H3,(H,36,39). The summed E-state index contributed by atoms with van der Waals surface area (Å²) >= 11 is 6.15. The fourth-order valence-electron chi connectivity index (χ4n) is 5.02.